The van der Waals surface area contributed by atoms with Gasteiger partial charge in [0.05, 0.1) is 18.5 Å². The molecule has 0 bridgehead atoms. The molecule has 0 saturated heterocycles. The monoisotopic (exact) mass is 438 g/mol. The van der Waals surface area contributed by atoms with Crippen LogP contribution in [0.4, 0.5) is 0 Å². The van der Waals surface area contributed by atoms with E-state index in [-0.39, 0.29) is 17.9 Å². The van der Waals surface area contributed by atoms with Crippen molar-refractivity contribution >= 4 is 27.5 Å². The van der Waals surface area contributed by atoms with Gasteiger partial charge in [0.1, 0.15) is 16.4 Å². The second-order valence-corrected chi connectivity index (χ2v) is 8.52. The van der Waals surface area contributed by atoms with E-state index >= 15 is 0 Å². The Morgan fingerprint density at radius 2 is 1.94 bits per heavy atom. The van der Waals surface area contributed by atoms with Gasteiger partial charge in [0.25, 0.3) is 5.56 Å². The summed E-state index contributed by atoms with van der Waals surface area (Å²) in [5.74, 6) is -0.364. The summed E-state index contributed by atoms with van der Waals surface area (Å²) in [6, 6.07) is 11.0. The first-order chi connectivity index (χ1) is 14.9. The summed E-state index contributed by atoms with van der Waals surface area (Å²) < 4.78 is 12.1. The van der Waals surface area contributed by atoms with E-state index in [0.717, 1.165) is 21.6 Å². The van der Waals surface area contributed by atoms with Gasteiger partial charge >= 0.3 is 5.97 Å². The van der Waals surface area contributed by atoms with Gasteiger partial charge in [-0.1, -0.05) is 29.8 Å². The summed E-state index contributed by atoms with van der Waals surface area (Å²) in [6.07, 6.45) is 0.449. The highest BCUT2D eigenvalue weighted by Crippen LogP contribution is 2.36. The molecule has 0 unspecified atom stereocenters. The number of rotatable bonds is 7. The minimum Gasteiger partial charge on any atom is -0.475 e. The molecule has 4 aromatic rings. The fraction of sp³-hybridized carbons (Fsp3) is 0.261. The molecule has 0 atom stereocenters. The Labute approximate surface area is 182 Å². The normalized spacial score (nSPS) is 11.3. The van der Waals surface area contributed by atoms with Crippen molar-refractivity contribution in [3.63, 3.8) is 0 Å². The molecule has 7 nitrogen and oxygen atoms in total. The van der Waals surface area contributed by atoms with Gasteiger partial charge in [-0.05, 0) is 31.5 Å². The zero-order chi connectivity index (χ0) is 22.1. The first-order valence-corrected chi connectivity index (χ1v) is 10.6. The van der Waals surface area contributed by atoms with Gasteiger partial charge in [-0.25, -0.2) is 9.78 Å². The number of aryl methyl sites for hydroxylation is 2. The van der Waals surface area contributed by atoms with Crippen LogP contribution in [-0.2, 0) is 17.7 Å². The highest BCUT2D eigenvalue weighted by Gasteiger charge is 2.21. The standard InChI is InChI=1S/C23H22N2O5S/c1-13-4-6-15(7-5-13)19-14(2)31-21-20(19)22(26)25(18(24-21)10-11-29-3)12-16-8-9-17(30-16)23(27)28/h4-9H,10-12H2,1-3H3,(H,27,28). The van der Waals surface area contributed by atoms with Crippen LogP contribution in [0.25, 0.3) is 21.3 Å². The second kappa shape index (κ2) is 8.49. The highest BCUT2D eigenvalue weighted by molar-refractivity contribution is 7.19. The third kappa shape index (κ3) is 4.04. The minimum atomic E-state index is -1.15. The third-order valence-electron chi connectivity index (χ3n) is 5.12. The zero-order valence-corrected chi connectivity index (χ0v) is 18.3. The second-order valence-electron chi connectivity index (χ2n) is 7.31. The molecule has 0 spiro atoms. The maximum absolute atomic E-state index is 13.7. The van der Waals surface area contributed by atoms with Gasteiger partial charge in [-0.15, -0.1) is 11.3 Å². The fourth-order valence-electron chi connectivity index (χ4n) is 3.59. The number of thiophene rings is 1. The van der Waals surface area contributed by atoms with Crippen molar-refractivity contribution in [3.05, 3.63) is 74.5 Å². The molecule has 31 heavy (non-hydrogen) atoms. The summed E-state index contributed by atoms with van der Waals surface area (Å²) in [5.41, 5.74) is 2.82. The number of hydrogen-bond acceptors (Lipinski definition) is 6. The molecular formula is C23H22N2O5S. The van der Waals surface area contributed by atoms with Crippen molar-refractivity contribution in [1.29, 1.82) is 0 Å². The minimum absolute atomic E-state index is 0.0936. The Morgan fingerprint density at radius 1 is 1.19 bits per heavy atom. The van der Waals surface area contributed by atoms with Crippen LogP contribution in [0.3, 0.4) is 0 Å². The van der Waals surface area contributed by atoms with E-state index in [1.165, 1.54) is 17.4 Å². The first kappa shape index (κ1) is 21.0. The Kier molecular flexibility index (Phi) is 5.75. The van der Waals surface area contributed by atoms with E-state index in [9.17, 15) is 9.59 Å². The first-order valence-electron chi connectivity index (χ1n) is 9.80. The molecule has 1 aromatic carbocycles. The number of fused-ring (bicyclic) bond motifs is 1. The number of aromatic nitrogens is 2. The van der Waals surface area contributed by atoms with Crippen LogP contribution < -0.4 is 5.56 Å². The van der Waals surface area contributed by atoms with Crippen LogP contribution in [-0.4, -0.2) is 34.3 Å². The molecule has 3 heterocycles. The number of ether oxygens (including phenoxy) is 1. The summed E-state index contributed by atoms with van der Waals surface area (Å²) >= 11 is 1.50. The maximum Gasteiger partial charge on any atom is 0.371 e. The lowest BCUT2D eigenvalue weighted by atomic mass is 10.0. The molecule has 0 fully saturated rings. The number of nitrogens with zero attached hydrogens (tertiary/aromatic N) is 2. The highest BCUT2D eigenvalue weighted by atomic mass is 32.1. The zero-order valence-electron chi connectivity index (χ0n) is 17.5. The molecule has 3 aromatic heterocycles. The Hall–Kier alpha value is -3.23. The molecule has 1 N–H and O–H groups in total. The molecule has 0 amide bonds. The van der Waals surface area contributed by atoms with E-state index in [1.807, 2.05) is 38.1 Å². The lowest BCUT2D eigenvalue weighted by Gasteiger charge is -2.12. The average molecular weight is 439 g/mol. The molecule has 0 aliphatic heterocycles. The molecule has 0 saturated carbocycles. The average Bonchev–Trinajstić information content (AvgIpc) is 3.34. The Morgan fingerprint density at radius 3 is 2.58 bits per heavy atom. The van der Waals surface area contributed by atoms with Gasteiger partial charge in [0.15, 0.2) is 0 Å². The van der Waals surface area contributed by atoms with E-state index < -0.39 is 5.97 Å². The topological polar surface area (TPSA) is 94.6 Å². The number of carbonyl (C=O) groups is 1. The van der Waals surface area contributed by atoms with Crippen molar-refractivity contribution in [2.45, 2.75) is 26.8 Å². The fourth-order valence-corrected chi connectivity index (χ4v) is 4.64. The molecule has 0 aliphatic rings. The van der Waals surface area contributed by atoms with Crippen LogP contribution in [0, 0.1) is 13.8 Å². The molecule has 8 heteroatoms. The van der Waals surface area contributed by atoms with Crippen LogP contribution in [0.5, 0.6) is 0 Å². The predicted octanol–water partition coefficient (Wildman–Crippen LogP) is 4.27. The lowest BCUT2D eigenvalue weighted by Crippen LogP contribution is -2.26. The predicted molar refractivity (Wildman–Crippen MR) is 119 cm³/mol. The number of methoxy groups -OCH3 is 1. The summed E-state index contributed by atoms with van der Waals surface area (Å²) in [4.78, 5) is 31.3. The number of hydrogen-bond donors (Lipinski definition) is 1. The molecule has 0 aliphatic carbocycles. The molecule has 0 radical (unpaired) electrons. The summed E-state index contributed by atoms with van der Waals surface area (Å²) in [5, 5.41) is 9.69. The van der Waals surface area contributed by atoms with Crippen molar-refractivity contribution in [2.24, 2.45) is 0 Å². The summed E-state index contributed by atoms with van der Waals surface area (Å²) in [6.45, 7) is 4.52. The van der Waals surface area contributed by atoms with Gasteiger partial charge < -0.3 is 14.3 Å². The van der Waals surface area contributed by atoms with Crippen molar-refractivity contribution < 1.29 is 19.1 Å². The Balaban J connectivity index is 1.90. The quantitative estimate of drug-likeness (QED) is 0.463. The number of benzene rings is 1. The van der Waals surface area contributed by atoms with Gasteiger partial charge in [-0.3, -0.25) is 9.36 Å². The van der Waals surface area contributed by atoms with Crippen LogP contribution in [0.1, 0.15) is 32.6 Å². The number of furan rings is 1. The van der Waals surface area contributed by atoms with Crippen LogP contribution in [0.15, 0.2) is 45.6 Å². The molecule has 4 rings (SSSR count). The van der Waals surface area contributed by atoms with E-state index in [0.29, 0.717) is 34.8 Å². The van der Waals surface area contributed by atoms with Crippen LogP contribution in [0.2, 0.25) is 0 Å². The molecular weight excluding hydrogens is 416 g/mol. The molecule has 160 valence electrons. The van der Waals surface area contributed by atoms with E-state index in [1.54, 1.807) is 17.7 Å². The van der Waals surface area contributed by atoms with Crippen molar-refractivity contribution in [3.8, 4) is 11.1 Å². The third-order valence-corrected chi connectivity index (χ3v) is 6.12. The lowest BCUT2D eigenvalue weighted by molar-refractivity contribution is 0.0660. The Bertz CT molecular complexity index is 1310. The number of aromatic carboxylic acids is 1. The van der Waals surface area contributed by atoms with E-state index in [2.05, 4.69) is 0 Å². The van der Waals surface area contributed by atoms with Gasteiger partial charge in [0.2, 0.25) is 5.76 Å². The van der Waals surface area contributed by atoms with Gasteiger partial charge in [-0.2, -0.15) is 0 Å². The maximum atomic E-state index is 13.7. The van der Waals surface area contributed by atoms with Crippen molar-refractivity contribution in [1.82, 2.24) is 9.55 Å². The van der Waals surface area contributed by atoms with Gasteiger partial charge in [0, 0.05) is 24.0 Å². The smallest absolute Gasteiger partial charge is 0.371 e. The SMILES string of the molecule is COCCc1nc2sc(C)c(-c3ccc(C)cc3)c2c(=O)n1Cc1ccc(C(=O)O)o1. The van der Waals surface area contributed by atoms with Crippen LogP contribution >= 0.6 is 11.3 Å². The summed E-state index contributed by atoms with van der Waals surface area (Å²) in [7, 11) is 1.59. The largest absolute Gasteiger partial charge is 0.475 e. The van der Waals surface area contributed by atoms with E-state index in [4.69, 9.17) is 19.2 Å². The number of carboxylic acid groups (broad SMARTS) is 1. The number of carboxylic acids is 1. The van der Waals surface area contributed by atoms with Crippen molar-refractivity contribution in [2.75, 3.05) is 13.7 Å².